The van der Waals surface area contributed by atoms with Crippen molar-refractivity contribution in [3.63, 3.8) is 0 Å². The molecule has 130 valence electrons. The number of thioether (sulfide) groups is 1. The Morgan fingerprint density at radius 2 is 2.00 bits per heavy atom. The summed E-state index contributed by atoms with van der Waals surface area (Å²) in [7, 11) is 0. The number of aryl methyl sites for hydroxylation is 2. The number of aromatic nitrogens is 2. The van der Waals surface area contributed by atoms with Crippen LogP contribution in [-0.4, -0.2) is 33.7 Å². The van der Waals surface area contributed by atoms with Gasteiger partial charge in [-0.3, -0.25) is 4.79 Å². The average Bonchev–Trinajstić information content (AvgIpc) is 2.91. The molecule has 5 nitrogen and oxygen atoms in total. The van der Waals surface area contributed by atoms with Gasteiger partial charge in [-0.25, -0.2) is 4.68 Å². The van der Waals surface area contributed by atoms with Crippen LogP contribution in [0.2, 0.25) is 0 Å². The largest absolute Gasteiger partial charge is 0.348 e. The fourth-order valence-electron chi connectivity index (χ4n) is 2.57. The number of nitrogens with zero attached hydrogens (tertiary/aromatic N) is 2. The van der Waals surface area contributed by atoms with Gasteiger partial charge in [0.05, 0.1) is 23.5 Å². The van der Waals surface area contributed by atoms with Crippen molar-refractivity contribution in [3.8, 4) is 5.69 Å². The van der Waals surface area contributed by atoms with Gasteiger partial charge in [0, 0.05) is 5.69 Å². The maximum Gasteiger partial charge on any atom is 0.237 e. The Labute approximate surface area is 148 Å². The van der Waals surface area contributed by atoms with Crippen LogP contribution >= 0.6 is 11.8 Å². The van der Waals surface area contributed by atoms with Gasteiger partial charge in [-0.2, -0.15) is 16.9 Å². The van der Waals surface area contributed by atoms with Crippen molar-refractivity contribution in [1.29, 1.82) is 0 Å². The highest BCUT2D eigenvalue weighted by atomic mass is 32.2. The molecule has 1 amide bonds. The van der Waals surface area contributed by atoms with Crippen molar-refractivity contribution < 1.29 is 4.79 Å². The summed E-state index contributed by atoms with van der Waals surface area (Å²) in [5, 5.41) is 7.47. The van der Waals surface area contributed by atoms with Crippen LogP contribution in [0.1, 0.15) is 36.3 Å². The minimum Gasteiger partial charge on any atom is -0.348 e. The Kier molecular flexibility index (Phi) is 6.45. The Bertz CT molecular complexity index is 681. The minimum absolute atomic E-state index is 0.0765. The van der Waals surface area contributed by atoms with E-state index in [0.717, 1.165) is 28.4 Å². The van der Waals surface area contributed by atoms with Gasteiger partial charge in [0.1, 0.15) is 0 Å². The summed E-state index contributed by atoms with van der Waals surface area (Å²) in [5.74, 6) is 0.791. The third-order valence-electron chi connectivity index (χ3n) is 3.98. The summed E-state index contributed by atoms with van der Waals surface area (Å²) in [4.78, 5) is 12.1. The number of rotatable bonds is 7. The number of carbonyl (C=O) groups excluding carboxylic acids is 1. The Morgan fingerprint density at radius 1 is 1.33 bits per heavy atom. The zero-order chi connectivity index (χ0) is 17.7. The molecule has 0 saturated carbocycles. The van der Waals surface area contributed by atoms with Crippen molar-refractivity contribution in [2.45, 2.75) is 39.3 Å². The molecule has 24 heavy (non-hydrogen) atoms. The molecular formula is C18H26N4OS. The van der Waals surface area contributed by atoms with Crippen LogP contribution in [-0.2, 0) is 4.79 Å². The summed E-state index contributed by atoms with van der Waals surface area (Å²) in [6.45, 7) is 5.99. The van der Waals surface area contributed by atoms with E-state index in [1.54, 1.807) is 11.8 Å². The van der Waals surface area contributed by atoms with Gasteiger partial charge in [-0.15, -0.1) is 0 Å². The molecule has 2 rings (SSSR count). The fraction of sp³-hybridized carbons (Fsp3) is 0.444. The van der Waals surface area contributed by atoms with Crippen molar-refractivity contribution >= 4 is 17.7 Å². The molecule has 6 heteroatoms. The standard InChI is InChI=1S/C18H26N4OS/c1-12-11-13(2)22(21-12)16-7-5-15(6-8-16)14(3)20-18(23)17(19)9-10-24-4/h5-8,11,14,17H,9-10,19H2,1-4H3,(H,20,23)/t14?,17-/m0/s1. The number of carbonyl (C=O) groups is 1. The van der Waals surface area contributed by atoms with E-state index < -0.39 is 6.04 Å². The van der Waals surface area contributed by atoms with E-state index in [1.165, 1.54) is 0 Å². The molecule has 0 aliphatic rings. The van der Waals surface area contributed by atoms with Gasteiger partial charge in [0.25, 0.3) is 0 Å². The molecule has 0 bridgehead atoms. The van der Waals surface area contributed by atoms with E-state index in [-0.39, 0.29) is 11.9 Å². The van der Waals surface area contributed by atoms with E-state index in [1.807, 2.05) is 62.0 Å². The molecule has 0 aliphatic heterocycles. The van der Waals surface area contributed by atoms with Gasteiger partial charge in [-0.1, -0.05) is 12.1 Å². The molecule has 0 saturated heterocycles. The zero-order valence-electron chi connectivity index (χ0n) is 14.7. The van der Waals surface area contributed by atoms with E-state index >= 15 is 0 Å². The lowest BCUT2D eigenvalue weighted by molar-refractivity contribution is -0.123. The number of nitrogens with one attached hydrogen (secondary N) is 1. The average molecular weight is 347 g/mol. The number of benzene rings is 1. The zero-order valence-corrected chi connectivity index (χ0v) is 15.6. The lowest BCUT2D eigenvalue weighted by Crippen LogP contribution is -2.41. The molecule has 1 aromatic heterocycles. The van der Waals surface area contributed by atoms with E-state index in [9.17, 15) is 4.79 Å². The lowest BCUT2D eigenvalue weighted by atomic mass is 10.1. The van der Waals surface area contributed by atoms with Crippen LogP contribution in [0, 0.1) is 13.8 Å². The van der Waals surface area contributed by atoms with Crippen molar-refractivity contribution in [3.05, 3.63) is 47.3 Å². The van der Waals surface area contributed by atoms with E-state index in [2.05, 4.69) is 10.4 Å². The first-order valence-electron chi connectivity index (χ1n) is 8.11. The maximum absolute atomic E-state index is 12.1. The molecule has 2 aromatic rings. The van der Waals surface area contributed by atoms with Crippen LogP contribution in [0.15, 0.2) is 30.3 Å². The van der Waals surface area contributed by atoms with E-state index in [4.69, 9.17) is 5.73 Å². The molecule has 0 spiro atoms. The van der Waals surface area contributed by atoms with Gasteiger partial charge in [-0.05, 0) is 63.0 Å². The van der Waals surface area contributed by atoms with Crippen LogP contribution < -0.4 is 11.1 Å². The second-order valence-electron chi connectivity index (χ2n) is 6.05. The van der Waals surface area contributed by atoms with Crippen molar-refractivity contribution in [2.24, 2.45) is 5.73 Å². The number of hydrogen-bond donors (Lipinski definition) is 2. The highest BCUT2D eigenvalue weighted by molar-refractivity contribution is 7.98. The number of hydrogen-bond acceptors (Lipinski definition) is 4. The first kappa shape index (κ1) is 18.5. The van der Waals surface area contributed by atoms with Gasteiger partial charge < -0.3 is 11.1 Å². The fourth-order valence-corrected chi connectivity index (χ4v) is 3.06. The topological polar surface area (TPSA) is 72.9 Å². The van der Waals surface area contributed by atoms with Gasteiger partial charge in [0.2, 0.25) is 5.91 Å². The van der Waals surface area contributed by atoms with E-state index in [0.29, 0.717) is 6.42 Å². The number of amides is 1. The second kappa shape index (κ2) is 8.35. The summed E-state index contributed by atoms with van der Waals surface area (Å²) in [5.41, 5.74) is 10.1. The molecule has 0 radical (unpaired) electrons. The number of nitrogens with two attached hydrogens (primary N) is 1. The smallest absolute Gasteiger partial charge is 0.237 e. The summed E-state index contributed by atoms with van der Waals surface area (Å²) in [6.07, 6.45) is 2.70. The van der Waals surface area contributed by atoms with Crippen LogP contribution in [0.5, 0.6) is 0 Å². The predicted molar refractivity (Wildman–Crippen MR) is 101 cm³/mol. The predicted octanol–water partition coefficient (Wildman–Crippen LogP) is 2.75. The first-order chi connectivity index (χ1) is 11.4. The molecular weight excluding hydrogens is 320 g/mol. The van der Waals surface area contributed by atoms with Crippen LogP contribution in [0.4, 0.5) is 0 Å². The summed E-state index contributed by atoms with van der Waals surface area (Å²) in [6, 6.07) is 9.60. The maximum atomic E-state index is 12.1. The molecule has 1 aromatic carbocycles. The van der Waals surface area contributed by atoms with Crippen LogP contribution in [0.3, 0.4) is 0 Å². The third kappa shape index (κ3) is 4.61. The lowest BCUT2D eigenvalue weighted by Gasteiger charge is -2.18. The van der Waals surface area contributed by atoms with Gasteiger partial charge in [0.15, 0.2) is 0 Å². The quantitative estimate of drug-likeness (QED) is 0.808. The SMILES string of the molecule is CSCC[C@H](N)C(=O)NC(C)c1ccc(-n2nc(C)cc2C)cc1. The Balaban J connectivity index is 2.02. The Morgan fingerprint density at radius 3 is 2.54 bits per heavy atom. The highest BCUT2D eigenvalue weighted by Crippen LogP contribution is 2.17. The molecule has 0 aliphatic carbocycles. The monoisotopic (exact) mass is 346 g/mol. The molecule has 2 atom stereocenters. The van der Waals surface area contributed by atoms with Crippen molar-refractivity contribution in [1.82, 2.24) is 15.1 Å². The molecule has 1 heterocycles. The highest BCUT2D eigenvalue weighted by Gasteiger charge is 2.16. The molecule has 0 fully saturated rings. The van der Waals surface area contributed by atoms with Crippen molar-refractivity contribution in [2.75, 3.05) is 12.0 Å². The first-order valence-corrected chi connectivity index (χ1v) is 9.50. The summed E-state index contributed by atoms with van der Waals surface area (Å²) >= 11 is 1.70. The molecule has 3 N–H and O–H groups in total. The molecule has 1 unspecified atom stereocenters. The minimum atomic E-state index is -0.450. The second-order valence-corrected chi connectivity index (χ2v) is 7.03. The Hall–Kier alpha value is -1.79. The third-order valence-corrected chi connectivity index (χ3v) is 4.62. The van der Waals surface area contributed by atoms with Crippen LogP contribution in [0.25, 0.3) is 5.69 Å². The summed E-state index contributed by atoms with van der Waals surface area (Å²) < 4.78 is 1.92. The van der Waals surface area contributed by atoms with Gasteiger partial charge >= 0.3 is 0 Å². The normalized spacial score (nSPS) is 13.5.